The van der Waals surface area contributed by atoms with E-state index in [1.165, 1.54) is 12.2 Å². The highest BCUT2D eigenvalue weighted by Crippen LogP contribution is 2.18. The van der Waals surface area contributed by atoms with Gasteiger partial charge < -0.3 is 36.8 Å². The Kier molecular flexibility index (Phi) is 15.8. The van der Waals surface area contributed by atoms with Crippen molar-refractivity contribution in [2.45, 2.75) is 84.8 Å². The van der Waals surface area contributed by atoms with E-state index in [1.807, 2.05) is 34.6 Å². The Hall–Kier alpha value is -4.91. The highest BCUT2D eigenvalue weighted by molar-refractivity contribution is 6.30. The zero-order chi connectivity index (χ0) is 36.7. The summed E-state index contributed by atoms with van der Waals surface area (Å²) in [5.74, 6) is -4.09. The van der Waals surface area contributed by atoms with Gasteiger partial charge in [-0.1, -0.05) is 70.5 Å². The van der Waals surface area contributed by atoms with Crippen molar-refractivity contribution in [2.75, 3.05) is 10.6 Å². The fourth-order valence-electron chi connectivity index (χ4n) is 4.57. The molecule has 14 heteroatoms. The van der Waals surface area contributed by atoms with E-state index in [4.69, 9.17) is 11.6 Å². The second-order valence-corrected chi connectivity index (χ2v) is 13.7. The lowest BCUT2D eigenvalue weighted by Gasteiger charge is -2.22. The van der Waals surface area contributed by atoms with Gasteiger partial charge in [0.25, 0.3) is 0 Å². The molecule has 0 spiro atoms. The number of benzene rings is 2. The Morgan fingerprint density at radius 3 is 1.65 bits per heavy atom. The summed E-state index contributed by atoms with van der Waals surface area (Å²) in [6, 6.07) is 9.19. The van der Waals surface area contributed by atoms with Gasteiger partial charge in [-0.05, 0) is 72.6 Å². The van der Waals surface area contributed by atoms with E-state index < -0.39 is 53.8 Å². The van der Waals surface area contributed by atoms with Crippen molar-refractivity contribution < 1.29 is 39.0 Å². The molecule has 0 radical (unpaired) electrons. The lowest BCUT2D eigenvalue weighted by Crippen LogP contribution is -2.52. The first-order chi connectivity index (χ1) is 22.9. The van der Waals surface area contributed by atoms with Gasteiger partial charge in [-0.3, -0.25) is 14.4 Å². The van der Waals surface area contributed by atoms with Crippen molar-refractivity contribution >= 4 is 58.7 Å². The summed E-state index contributed by atoms with van der Waals surface area (Å²) in [4.78, 5) is 74.1. The number of carbonyl (C=O) groups is 6. The number of aliphatic carboxylic acids is 2. The molecule has 0 heterocycles. The van der Waals surface area contributed by atoms with E-state index in [2.05, 4.69) is 26.6 Å². The average Bonchev–Trinajstić information content (AvgIpc) is 2.98. The number of hydrogen-bond acceptors (Lipinski definition) is 6. The summed E-state index contributed by atoms with van der Waals surface area (Å²) in [5.41, 5.74) is 1.34. The fourth-order valence-corrected chi connectivity index (χ4v) is 4.70. The molecule has 0 saturated carbocycles. The topological polar surface area (TPSA) is 203 Å². The number of urea groups is 1. The van der Waals surface area contributed by atoms with Gasteiger partial charge in [0.15, 0.2) is 0 Å². The zero-order valence-electron chi connectivity index (χ0n) is 28.3. The number of amides is 5. The summed E-state index contributed by atoms with van der Waals surface area (Å²) in [7, 11) is 0. The molecule has 0 aromatic heterocycles. The van der Waals surface area contributed by atoms with Gasteiger partial charge >= 0.3 is 18.0 Å². The first-order valence-corrected chi connectivity index (χ1v) is 16.2. The summed E-state index contributed by atoms with van der Waals surface area (Å²) < 4.78 is 0. The summed E-state index contributed by atoms with van der Waals surface area (Å²) >= 11 is 5.86. The number of rotatable bonds is 17. The molecule has 0 bridgehead atoms. The summed E-state index contributed by atoms with van der Waals surface area (Å²) in [5, 5.41) is 32.7. The maximum absolute atomic E-state index is 13.2. The van der Waals surface area contributed by atoms with Crippen LogP contribution in [0.25, 0.3) is 0 Å². The molecule has 2 aromatic carbocycles. The quantitative estimate of drug-likeness (QED) is 0.112. The van der Waals surface area contributed by atoms with E-state index in [9.17, 15) is 39.0 Å². The average molecular weight is 700 g/mol. The molecule has 5 amide bonds. The number of carboxylic acids is 2. The molecule has 3 unspecified atom stereocenters. The lowest BCUT2D eigenvalue weighted by molar-refractivity contribution is -0.142. The number of hydrogen-bond donors (Lipinski definition) is 7. The Labute approximate surface area is 291 Å². The van der Waals surface area contributed by atoms with Crippen molar-refractivity contribution in [1.82, 2.24) is 16.0 Å². The van der Waals surface area contributed by atoms with Crippen molar-refractivity contribution in [1.29, 1.82) is 0 Å². The van der Waals surface area contributed by atoms with Crippen molar-refractivity contribution in [3.63, 3.8) is 0 Å². The first kappa shape index (κ1) is 40.3. The SMILES string of the molecule is CC(C)CC(NC(=O)Cc1ccc(NC(=O)Nc2ccc(Cl)cc2)cc1)C(=O)NC(CC=CCC(NC(=O)CC(C)(C)C)C(=O)O)C(=O)O. The van der Waals surface area contributed by atoms with Crippen LogP contribution in [0.1, 0.15) is 65.9 Å². The van der Waals surface area contributed by atoms with Gasteiger partial charge in [0.05, 0.1) is 6.42 Å². The molecule has 3 atom stereocenters. The number of halogens is 1. The second kappa shape index (κ2) is 19.2. The Balaban J connectivity index is 1.95. The van der Waals surface area contributed by atoms with Crippen LogP contribution < -0.4 is 26.6 Å². The van der Waals surface area contributed by atoms with Crippen LogP contribution >= 0.6 is 11.6 Å². The molecule has 13 nitrogen and oxygen atoms in total. The molecule has 2 rings (SSSR count). The van der Waals surface area contributed by atoms with Crippen LogP contribution in [-0.4, -0.2) is 64.0 Å². The van der Waals surface area contributed by atoms with Gasteiger partial charge in [0.2, 0.25) is 17.7 Å². The predicted molar refractivity (Wildman–Crippen MR) is 187 cm³/mol. The molecule has 49 heavy (non-hydrogen) atoms. The molecule has 0 fully saturated rings. The van der Waals surface area contributed by atoms with Crippen molar-refractivity contribution in [3.05, 3.63) is 71.3 Å². The monoisotopic (exact) mass is 699 g/mol. The molecule has 7 N–H and O–H groups in total. The number of nitrogens with one attached hydrogen (secondary N) is 5. The maximum Gasteiger partial charge on any atom is 0.326 e. The van der Waals surface area contributed by atoms with Crippen LogP contribution in [0.5, 0.6) is 0 Å². The third kappa shape index (κ3) is 16.2. The Morgan fingerprint density at radius 2 is 1.18 bits per heavy atom. The third-order valence-corrected chi connectivity index (χ3v) is 7.14. The maximum atomic E-state index is 13.2. The first-order valence-electron chi connectivity index (χ1n) is 15.8. The largest absolute Gasteiger partial charge is 0.480 e. The van der Waals surface area contributed by atoms with Crippen LogP contribution in [0.2, 0.25) is 5.02 Å². The molecular weight excluding hydrogens is 654 g/mol. The molecule has 0 aliphatic heterocycles. The number of anilines is 2. The molecule has 266 valence electrons. The molecular formula is C35H46ClN5O8. The van der Waals surface area contributed by atoms with Crippen LogP contribution in [0.3, 0.4) is 0 Å². The molecule has 2 aromatic rings. The van der Waals surface area contributed by atoms with Crippen molar-refractivity contribution in [2.24, 2.45) is 11.3 Å². The van der Waals surface area contributed by atoms with Gasteiger partial charge in [0, 0.05) is 22.8 Å². The summed E-state index contributed by atoms with van der Waals surface area (Å²) in [6.45, 7) is 9.28. The second-order valence-electron chi connectivity index (χ2n) is 13.2. The van der Waals surface area contributed by atoms with E-state index in [1.54, 1.807) is 48.5 Å². The molecule has 0 aliphatic carbocycles. The Bertz CT molecular complexity index is 1490. The van der Waals surface area contributed by atoms with Crippen LogP contribution in [-0.2, 0) is 30.4 Å². The zero-order valence-corrected chi connectivity index (χ0v) is 29.1. The van der Waals surface area contributed by atoms with Gasteiger partial charge in [0.1, 0.15) is 18.1 Å². The minimum absolute atomic E-state index is 0.00922. The third-order valence-electron chi connectivity index (χ3n) is 6.89. The fraction of sp³-hybridized carbons (Fsp3) is 0.429. The van der Waals surface area contributed by atoms with Gasteiger partial charge in [-0.2, -0.15) is 0 Å². The van der Waals surface area contributed by atoms with Crippen molar-refractivity contribution in [3.8, 4) is 0 Å². The smallest absolute Gasteiger partial charge is 0.326 e. The molecule has 0 saturated heterocycles. The minimum atomic E-state index is -1.34. The highest BCUT2D eigenvalue weighted by Gasteiger charge is 2.27. The van der Waals surface area contributed by atoms with Crippen LogP contribution in [0.15, 0.2) is 60.7 Å². The predicted octanol–water partition coefficient (Wildman–Crippen LogP) is 4.97. The Morgan fingerprint density at radius 1 is 0.714 bits per heavy atom. The lowest BCUT2D eigenvalue weighted by atomic mass is 9.92. The van der Waals surface area contributed by atoms with Gasteiger partial charge in [-0.25, -0.2) is 14.4 Å². The van der Waals surface area contributed by atoms with E-state index in [0.29, 0.717) is 22.0 Å². The van der Waals surface area contributed by atoms with E-state index in [-0.39, 0.29) is 43.4 Å². The normalized spacial score (nSPS) is 13.2. The van der Waals surface area contributed by atoms with E-state index in [0.717, 1.165) is 0 Å². The van der Waals surface area contributed by atoms with Crippen LogP contribution in [0, 0.1) is 11.3 Å². The summed E-state index contributed by atoms with van der Waals surface area (Å²) in [6.07, 6.45) is 2.97. The van der Waals surface area contributed by atoms with E-state index >= 15 is 0 Å². The number of carboxylic acid groups (broad SMARTS) is 2. The minimum Gasteiger partial charge on any atom is -0.480 e. The van der Waals surface area contributed by atoms with Gasteiger partial charge in [-0.15, -0.1) is 0 Å². The standard InChI is InChI=1S/C35H46ClN5O8/c1-21(2)18-28(31(44)41-27(33(47)48)9-7-6-8-26(32(45)46)39-30(43)20-35(3,4)5)40-29(42)19-22-10-14-24(15-11-22)37-34(49)38-25-16-12-23(36)13-17-25/h6-7,10-17,21,26-28H,8-9,18-20H2,1-5H3,(H,39,43)(H,40,42)(H,41,44)(H,45,46)(H,47,48)(H2,37,38,49). The van der Waals surface area contributed by atoms with Crippen LogP contribution in [0.4, 0.5) is 16.2 Å². The molecule has 0 aliphatic rings. The number of carbonyl (C=O) groups excluding carboxylic acids is 4. The highest BCUT2D eigenvalue weighted by atomic mass is 35.5.